The van der Waals surface area contributed by atoms with E-state index < -0.39 is 0 Å². The van der Waals surface area contributed by atoms with Crippen molar-refractivity contribution in [2.45, 2.75) is 19.9 Å². The molecule has 0 saturated carbocycles. The molecule has 0 atom stereocenters. The van der Waals surface area contributed by atoms with E-state index in [1.807, 2.05) is 30.3 Å². The molecule has 0 unspecified atom stereocenters. The second kappa shape index (κ2) is 11.3. The Morgan fingerprint density at radius 2 is 1.89 bits per heavy atom. The van der Waals surface area contributed by atoms with Gasteiger partial charge < -0.3 is 15.8 Å². The fourth-order valence-electron chi connectivity index (χ4n) is 4.17. The molecule has 7 heteroatoms. The predicted molar refractivity (Wildman–Crippen MR) is 140 cm³/mol. The Hall–Kier alpha value is -3.45. The third-order valence-electron chi connectivity index (χ3n) is 5.84. The van der Waals surface area contributed by atoms with Crippen LogP contribution in [0.4, 0.5) is 10.1 Å². The van der Waals surface area contributed by atoms with Gasteiger partial charge >= 0.3 is 0 Å². The summed E-state index contributed by atoms with van der Waals surface area (Å²) in [5.74, 6) is -0.632. The van der Waals surface area contributed by atoms with Gasteiger partial charge in [-0.1, -0.05) is 54.9 Å². The van der Waals surface area contributed by atoms with Crippen molar-refractivity contribution in [1.82, 2.24) is 10.7 Å². The molecule has 180 valence electrons. The maximum atomic E-state index is 13.8. The predicted octanol–water partition coefficient (Wildman–Crippen LogP) is 5.40. The Balaban J connectivity index is 1.78. The van der Waals surface area contributed by atoms with Crippen LogP contribution >= 0.6 is 11.6 Å². The molecule has 0 fully saturated rings. The molecule has 3 aromatic carbocycles. The van der Waals surface area contributed by atoms with E-state index in [1.54, 1.807) is 12.1 Å². The second-order valence-electron chi connectivity index (χ2n) is 8.15. The first-order valence-electron chi connectivity index (χ1n) is 11.5. The number of benzene rings is 3. The molecular weight excluding hydrogens is 465 g/mol. The van der Waals surface area contributed by atoms with Crippen LogP contribution in [-0.2, 0) is 11.3 Å². The van der Waals surface area contributed by atoms with Gasteiger partial charge in [0.15, 0.2) is 0 Å². The normalized spacial score (nSPS) is 13.4. The monoisotopic (exact) mass is 491 g/mol. The average molecular weight is 492 g/mol. The number of carbonyl (C=O) groups excluding carboxylic acids is 1. The number of rotatable bonds is 8. The summed E-state index contributed by atoms with van der Waals surface area (Å²) in [4.78, 5) is 11.8. The smallest absolute Gasteiger partial charge is 0.244 e. The topological polar surface area (TPSA) is 73.4 Å². The largest absolute Gasteiger partial charge is 0.395 e. The quantitative estimate of drug-likeness (QED) is 0.251. The Labute approximate surface area is 209 Å². The number of aliphatic hydroxyl groups excluding tert-OH is 1. The second-order valence-corrected chi connectivity index (χ2v) is 8.56. The molecule has 5 nitrogen and oxygen atoms in total. The number of amides is 1. The third-order valence-corrected chi connectivity index (χ3v) is 6.16. The van der Waals surface area contributed by atoms with Gasteiger partial charge in [-0.15, -0.1) is 0 Å². The number of nitrogens with one attached hydrogen (secondary N) is 3. The Morgan fingerprint density at radius 1 is 1.11 bits per heavy atom. The molecule has 0 bridgehead atoms. The number of hydrogen-bond acceptors (Lipinski definition) is 4. The van der Waals surface area contributed by atoms with Crippen molar-refractivity contribution in [3.63, 3.8) is 0 Å². The maximum Gasteiger partial charge on any atom is 0.244 e. The fourth-order valence-corrected chi connectivity index (χ4v) is 4.46. The van der Waals surface area contributed by atoms with E-state index in [2.05, 4.69) is 35.2 Å². The number of carbonyl (C=O) groups is 1. The maximum absolute atomic E-state index is 13.8. The summed E-state index contributed by atoms with van der Waals surface area (Å²) in [6.45, 7) is 2.90. The molecule has 0 spiro atoms. The molecule has 1 aliphatic rings. The summed E-state index contributed by atoms with van der Waals surface area (Å²) in [7, 11) is 0. The zero-order valence-corrected chi connectivity index (χ0v) is 20.1. The highest BCUT2D eigenvalue weighted by molar-refractivity contribution is 6.32. The molecule has 35 heavy (non-hydrogen) atoms. The Morgan fingerprint density at radius 3 is 2.60 bits per heavy atom. The molecule has 1 heterocycles. The number of anilines is 1. The minimum atomic E-state index is -0.371. The number of hydrazine groups is 1. The number of halogens is 2. The van der Waals surface area contributed by atoms with Crippen LogP contribution < -0.4 is 16.2 Å². The van der Waals surface area contributed by atoms with Crippen LogP contribution in [0.1, 0.15) is 41.2 Å². The fraction of sp³-hybridized carbons (Fsp3) is 0.179. The molecule has 1 amide bonds. The molecule has 0 aromatic heterocycles. The number of fused-ring (bicyclic) bond motifs is 1. The van der Waals surface area contributed by atoms with E-state index in [-0.39, 0.29) is 24.9 Å². The zero-order chi connectivity index (χ0) is 24.8. The van der Waals surface area contributed by atoms with Gasteiger partial charge in [0, 0.05) is 19.2 Å². The Kier molecular flexibility index (Phi) is 7.98. The first kappa shape index (κ1) is 24.7. The molecule has 3 aromatic rings. The van der Waals surface area contributed by atoms with Crippen LogP contribution in [-0.4, -0.2) is 24.2 Å². The van der Waals surface area contributed by atoms with Gasteiger partial charge in [-0.2, -0.15) is 0 Å². The summed E-state index contributed by atoms with van der Waals surface area (Å²) in [6.07, 6.45) is 3.86. The number of hydrogen-bond donors (Lipinski definition) is 4. The SMILES string of the molecule is CC/C(=C(/c1ccc(/C=C/C(=O)NCCO)cc1)c1ccc2c(c1)CNN2)c1ccc(F)cc1Cl. The molecule has 1 aliphatic heterocycles. The van der Waals surface area contributed by atoms with E-state index in [0.717, 1.165) is 51.2 Å². The molecule has 0 saturated heterocycles. The molecule has 4 N–H and O–H groups in total. The third kappa shape index (κ3) is 5.80. The summed E-state index contributed by atoms with van der Waals surface area (Å²) in [5.41, 5.74) is 14.2. The van der Waals surface area contributed by atoms with Crippen LogP contribution in [0.2, 0.25) is 5.02 Å². The zero-order valence-electron chi connectivity index (χ0n) is 19.4. The summed E-state index contributed by atoms with van der Waals surface area (Å²) in [5, 5.41) is 11.8. The molecule has 0 radical (unpaired) electrons. The minimum Gasteiger partial charge on any atom is -0.395 e. The van der Waals surface area contributed by atoms with Crippen LogP contribution in [0.5, 0.6) is 0 Å². The lowest BCUT2D eigenvalue weighted by atomic mass is 9.87. The van der Waals surface area contributed by atoms with Gasteiger partial charge in [0.25, 0.3) is 0 Å². The highest BCUT2D eigenvalue weighted by atomic mass is 35.5. The van der Waals surface area contributed by atoms with E-state index in [4.69, 9.17) is 16.7 Å². The van der Waals surface area contributed by atoms with Gasteiger partial charge in [-0.05, 0) is 75.7 Å². The highest BCUT2D eigenvalue weighted by Gasteiger charge is 2.18. The van der Waals surface area contributed by atoms with Crippen molar-refractivity contribution < 1.29 is 14.3 Å². The van der Waals surface area contributed by atoms with E-state index in [1.165, 1.54) is 18.2 Å². The summed E-state index contributed by atoms with van der Waals surface area (Å²) < 4.78 is 13.8. The lowest BCUT2D eigenvalue weighted by molar-refractivity contribution is -0.116. The molecule has 0 aliphatic carbocycles. The molecule has 4 rings (SSSR count). The highest BCUT2D eigenvalue weighted by Crippen LogP contribution is 2.38. The van der Waals surface area contributed by atoms with Crippen molar-refractivity contribution in [3.05, 3.63) is 105 Å². The van der Waals surface area contributed by atoms with Gasteiger partial charge in [0.2, 0.25) is 5.91 Å². The lowest BCUT2D eigenvalue weighted by Crippen LogP contribution is -2.24. The van der Waals surface area contributed by atoms with E-state index in [9.17, 15) is 9.18 Å². The molecular formula is C28H27ClFN3O2. The number of aliphatic hydroxyl groups is 1. The van der Waals surface area contributed by atoms with Crippen molar-refractivity contribution in [3.8, 4) is 0 Å². The van der Waals surface area contributed by atoms with Crippen LogP contribution in [0, 0.1) is 5.82 Å². The summed E-state index contributed by atoms with van der Waals surface area (Å²) >= 11 is 6.49. The minimum absolute atomic E-state index is 0.101. The lowest BCUT2D eigenvalue weighted by Gasteiger charge is -2.18. The number of allylic oxidation sites excluding steroid dienone is 1. The summed E-state index contributed by atoms with van der Waals surface area (Å²) in [6, 6.07) is 18.7. The average Bonchev–Trinajstić information content (AvgIpc) is 3.34. The van der Waals surface area contributed by atoms with Crippen molar-refractivity contribution >= 4 is 40.4 Å². The van der Waals surface area contributed by atoms with Crippen LogP contribution in [0.3, 0.4) is 0 Å². The first-order valence-corrected chi connectivity index (χ1v) is 11.9. The van der Waals surface area contributed by atoms with Gasteiger partial charge in [-0.3, -0.25) is 4.79 Å². The van der Waals surface area contributed by atoms with Crippen LogP contribution in [0.15, 0.2) is 66.7 Å². The van der Waals surface area contributed by atoms with Gasteiger partial charge in [0.05, 0.1) is 17.3 Å². The van der Waals surface area contributed by atoms with Gasteiger partial charge in [-0.25, -0.2) is 9.82 Å². The van der Waals surface area contributed by atoms with E-state index in [0.29, 0.717) is 11.4 Å². The van der Waals surface area contributed by atoms with Crippen molar-refractivity contribution in [1.29, 1.82) is 0 Å². The van der Waals surface area contributed by atoms with Crippen molar-refractivity contribution in [2.24, 2.45) is 0 Å². The standard InChI is InChI=1S/C28H27ClFN3O2/c1-2-23(24-10-9-22(30)16-25(24)29)28(20-8-11-26-21(15-20)17-32-33-26)19-6-3-18(4-7-19)5-12-27(35)31-13-14-34/h3-12,15-16,32-34H,2,13-14,17H2,1H3,(H,31,35)/b12-5+,28-23+. The van der Waals surface area contributed by atoms with Crippen molar-refractivity contribution in [2.75, 3.05) is 18.6 Å². The first-order chi connectivity index (χ1) is 17.0. The van der Waals surface area contributed by atoms with Crippen LogP contribution in [0.25, 0.3) is 17.2 Å². The van der Waals surface area contributed by atoms with E-state index >= 15 is 0 Å². The van der Waals surface area contributed by atoms with Gasteiger partial charge in [0.1, 0.15) is 5.82 Å². The Bertz CT molecular complexity index is 1290.